The molecule has 2 aromatic carbocycles. The topological polar surface area (TPSA) is 35.0 Å². The Bertz CT molecular complexity index is 814. The molecule has 3 nitrogen and oxygen atoms in total. The molecule has 3 aromatic rings. The second-order valence-electron chi connectivity index (χ2n) is 4.74. The van der Waals surface area contributed by atoms with Crippen molar-refractivity contribution in [3.63, 3.8) is 0 Å². The standard InChI is InChI=1S/C16H12Cl2N2O/c1-9-5-10(7-11(17)6-9)16-19-14-4-3-12(21-2)8-13(14)15(18)20-16/h3-8H,1-2H3. The van der Waals surface area contributed by atoms with Gasteiger partial charge in [-0.25, -0.2) is 9.97 Å². The van der Waals surface area contributed by atoms with E-state index < -0.39 is 0 Å². The summed E-state index contributed by atoms with van der Waals surface area (Å²) in [7, 11) is 1.61. The number of fused-ring (bicyclic) bond motifs is 1. The van der Waals surface area contributed by atoms with Crippen LogP contribution in [0, 0.1) is 6.92 Å². The molecule has 0 N–H and O–H groups in total. The van der Waals surface area contributed by atoms with Crippen molar-refractivity contribution in [1.29, 1.82) is 0 Å². The number of ether oxygens (including phenoxy) is 1. The summed E-state index contributed by atoms with van der Waals surface area (Å²) >= 11 is 12.4. The molecule has 0 spiro atoms. The first-order valence-corrected chi connectivity index (χ1v) is 7.11. The molecule has 21 heavy (non-hydrogen) atoms. The Balaban J connectivity index is 2.20. The third-order valence-electron chi connectivity index (χ3n) is 3.16. The van der Waals surface area contributed by atoms with E-state index in [-0.39, 0.29) is 0 Å². The van der Waals surface area contributed by atoms with Crippen LogP contribution in [0.3, 0.4) is 0 Å². The zero-order valence-electron chi connectivity index (χ0n) is 11.5. The van der Waals surface area contributed by atoms with E-state index in [9.17, 15) is 0 Å². The molecular weight excluding hydrogens is 307 g/mol. The largest absolute Gasteiger partial charge is 0.497 e. The molecule has 0 unspecified atom stereocenters. The van der Waals surface area contributed by atoms with Crippen molar-refractivity contribution in [3.8, 4) is 17.1 Å². The summed E-state index contributed by atoms with van der Waals surface area (Å²) in [6.07, 6.45) is 0. The van der Waals surface area contributed by atoms with Crippen LogP contribution in [0.5, 0.6) is 5.75 Å². The van der Waals surface area contributed by atoms with Crippen LogP contribution in [0.25, 0.3) is 22.3 Å². The zero-order chi connectivity index (χ0) is 15.0. The van der Waals surface area contributed by atoms with Gasteiger partial charge in [-0.1, -0.05) is 23.2 Å². The third-order valence-corrected chi connectivity index (χ3v) is 3.66. The highest BCUT2D eigenvalue weighted by atomic mass is 35.5. The first-order valence-electron chi connectivity index (χ1n) is 6.35. The van der Waals surface area contributed by atoms with Crippen molar-refractivity contribution in [2.45, 2.75) is 6.92 Å². The summed E-state index contributed by atoms with van der Waals surface area (Å²) in [6.45, 7) is 1.98. The predicted molar refractivity (Wildman–Crippen MR) is 86.3 cm³/mol. The number of hydrogen-bond acceptors (Lipinski definition) is 3. The summed E-state index contributed by atoms with van der Waals surface area (Å²) in [5, 5.41) is 1.81. The normalized spacial score (nSPS) is 10.9. The lowest BCUT2D eigenvalue weighted by atomic mass is 10.1. The number of hydrogen-bond donors (Lipinski definition) is 0. The molecule has 1 heterocycles. The van der Waals surface area contributed by atoms with Crippen LogP contribution in [0.15, 0.2) is 36.4 Å². The van der Waals surface area contributed by atoms with Crippen LogP contribution in [0.2, 0.25) is 10.2 Å². The molecule has 5 heteroatoms. The Labute approximate surface area is 132 Å². The van der Waals surface area contributed by atoms with Gasteiger partial charge < -0.3 is 4.74 Å². The Hall–Kier alpha value is -1.84. The van der Waals surface area contributed by atoms with E-state index in [0.29, 0.717) is 16.0 Å². The lowest BCUT2D eigenvalue weighted by molar-refractivity contribution is 0.415. The van der Waals surface area contributed by atoms with E-state index in [1.807, 2.05) is 43.3 Å². The Kier molecular flexibility index (Phi) is 3.70. The lowest BCUT2D eigenvalue weighted by Gasteiger charge is -2.07. The first-order chi connectivity index (χ1) is 10.1. The van der Waals surface area contributed by atoms with Crippen LogP contribution in [0.1, 0.15) is 5.56 Å². The number of aromatic nitrogens is 2. The monoisotopic (exact) mass is 318 g/mol. The molecule has 0 fully saturated rings. The number of methoxy groups -OCH3 is 1. The van der Waals surface area contributed by atoms with Gasteiger partial charge in [-0.2, -0.15) is 0 Å². The molecule has 0 bridgehead atoms. The highest BCUT2D eigenvalue weighted by Crippen LogP contribution is 2.29. The summed E-state index contributed by atoms with van der Waals surface area (Å²) in [6, 6.07) is 11.2. The van der Waals surface area contributed by atoms with Crippen LogP contribution >= 0.6 is 23.2 Å². The van der Waals surface area contributed by atoms with Crippen LogP contribution in [-0.4, -0.2) is 17.1 Å². The van der Waals surface area contributed by atoms with Gasteiger partial charge in [0.25, 0.3) is 0 Å². The van der Waals surface area contributed by atoms with Gasteiger partial charge in [0.05, 0.1) is 12.6 Å². The highest BCUT2D eigenvalue weighted by Gasteiger charge is 2.10. The van der Waals surface area contributed by atoms with Gasteiger partial charge in [0, 0.05) is 16.0 Å². The number of nitrogens with zero attached hydrogens (tertiary/aromatic N) is 2. The molecule has 0 aliphatic carbocycles. The van der Waals surface area contributed by atoms with Crippen molar-refractivity contribution in [2.75, 3.05) is 7.11 Å². The van der Waals surface area contributed by atoms with Gasteiger partial charge in [-0.15, -0.1) is 0 Å². The van der Waals surface area contributed by atoms with Crippen LogP contribution in [0.4, 0.5) is 0 Å². The molecule has 0 saturated carbocycles. The third kappa shape index (κ3) is 2.80. The minimum atomic E-state index is 0.395. The minimum Gasteiger partial charge on any atom is -0.497 e. The van der Waals surface area contributed by atoms with E-state index in [0.717, 1.165) is 27.8 Å². The molecule has 1 aromatic heterocycles. The van der Waals surface area contributed by atoms with E-state index in [1.165, 1.54) is 0 Å². The number of halogens is 2. The molecule has 3 rings (SSSR count). The number of benzene rings is 2. The van der Waals surface area contributed by atoms with E-state index in [4.69, 9.17) is 27.9 Å². The fraction of sp³-hybridized carbons (Fsp3) is 0.125. The van der Waals surface area contributed by atoms with E-state index in [2.05, 4.69) is 9.97 Å². The van der Waals surface area contributed by atoms with Crippen molar-refractivity contribution in [2.24, 2.45) is 0 Å². The maximum absolute atomic E-state index is 6.28. The van der Waals surface area contributed by atoms with Crippen molar-refractivity contribution in [1.82, 2.24) is 9.97 Å². The second-order valence-corrected chi connectivity index (χ2v) is 5.53. The summed E-state index contributed by atoms with van der Waals surface area (Å²) < 4.78 is 5.19. The van der Waals surface area contributed by atoms with Gasteiger partial charge in [0.2, 0.25) is 0 Å². The number of rotatable bonds is 2. The smallest absolute Gasteiger partial charge is 0.161 e. The summed E-state index contributed by atoms with van der Waals surface area (Å²) in [5.41, 5.74) is 2.66. The molecule has 0 radical (unpaired) electrons. The van der Waals surface area contributed by atoms with E-state index in [1.54, 1.807) is 7.11 Å². The molecule has 0 aliphatic heterocycles. The maximum Gasteiger partial charge on any atom is 0.161 e. The average Bonchev–Trinajstić information content (AvgIpc) is 2.46. The van der Waals surface area contributed by atoms with Crippen molar-refractivity contribution >= 4 is 34.1 Å². The van der Waals surface area contributed by atoms with Crippen LogP contribution < -0.4 is 4.74 Å². The molecule has 106 valence electrons. The van der Waals surface area contributed by atoms with Gasteiger partial charge in [0.1, 0.15) is 10.9 Å². The maximum atomic E-state index is 6.28. The Morgan fingerprint density at radius 2 is 1.81 bits per heavy atom. The van der Waals surface area contributed by atoms with E-state index >= 15 is 0 Å². The fourth-order valence-corrected chi connectivity index (χ4v) is 2.71. The molecule has 0 amide bonds. The summed E-state index contributed by atoms with van der Waals surface area (Å²) in [5.74, 6) is 1.28. The number of aryl methyl sites for hydroxylation is 1. The van der Waals surface area contributed by atoms with Gasteiger partial charge in [0.15, 0.2) is 5.82 Å². The minimum absolute atomic E-state index is 0.395. The highest BCUT2D eigenvalue weighted by molar-refractivity contribution is 6.34. The second kappa shape index (κ2) is 5.51. The Morgan fingerprint density at radius 3 is 2.52 bits per heavy atom. The lowest BCUT2D eigenvalue weighted by Crippen LogP contribution is -1.93. The van der Waals surface area contributed by atoms with Crippen LogP contribution in [-0.2, 0) is 0 Å². The van der Waals surface area contributed by atoms with Crippen molar-refractivity contribution < 1.29 is 4.74 Å². The van der Waals surface area contributed by atoms with Gasteiger partial charge >= 0.3 is 0 Å². The predicted octanol–water partition coefficient (Wildman–Crippen LogP) is 4.92. The SMILES string of the molecule is COc1ccc2nc(-c3cc(C)cc(Cl)c3)nc(Cl)c2c1. The molecule has 0 aliphatic rings. The fourth-order valence-electron chi connectivity index (χ4n) is 2.19. The van der Waals surface area contributed by atoms with Gasteiger partial charge in [-0.3, -0.25) is 0 Å². The quantitative estimate of drug-likeness (QED) is 0.629. The average molecular weight is 319 g/mol. The molecule has 0 saturated heterocycles. The zero-order valence-corrected chi connectivity index (χ0v) is 13.0. The first kappa shape index (κ1) is 14.1. The van der Waals surface area contributed by atoms with Gasteiger partial charge in [-0.05, 0) is 48.9 Å². The molecule has 0 atom stereocenters. The van der Waals surface area contributed by atoms with Crippen molar-refractivity contribution in [3.05, 3.63) is 52.1 Å². The molecular formula is C16H12Cl2N2O. The summed E-state index contributed by atoms with van der Waals surface area (Å²) in [4.78, 5) is 8.92. The Morgan fingerprint density at radius 1 is 1.00 bits per heavy atom.